The van der Waals surface area contributed by atoms with Crippen molar-refractivity contribution in [2.45, 2.75) is 19.8 Å². The van der Waals surface area contributed by atoms with E-state index in [4.69, 9.17) is 23.2 Å². The van der Waals surface area contributed by atoms with Crippen LogP contribution in [-0.4, -0.2) is 9.97 Å². The van der Waals surface area contributed by atoms with E-state index in [1.807, 2.05) is 31.3 Å². The summed E-state index contributed by atoms with van der Waals surface area (Å²) < 4.78 is 0. The zero-order valence-corrected chi connectivity index (χ0v) is 11.6. The van der Waals surface area contributed by atoms with Crippen LogP contribution in [0.2, 0.25) is 10.0 Å². The third-order valence-corrected chi connectivity index (χ3v) is 3.49. The molecule has 0 aliphatic carbocycles. The molecule has 0 unspecified atom stereocenters. The maximum absolute atomic E-state index is 6.12. The molecule has 0 aliphatic rings. The number of benzene rings is 1. The topological polar surface area (TPSA) is 28.7 Å². The van der Waals surface area contributed by atoms with Gasteiger partial charge in [0.1, 0.15) is 5.82 Å². The van der Waals surface area contributed by atoms with Gasteiger partial charge in [-0.25, -0.2) is 4.98 Å². The van der Waals surface area contributed by atoms with E-state index in [-0.39, 0.29) is 0 Å². The second kappa shape index (κ2) is 6.07. The van der Waals surface area contributed by atoms with Gasteiger partial charge in [-0.05, 0) is 43.0 Å². The Morgan fingerprint density at radius 2 is 2.06 bits per heavy atom. The standard InChI is InChI=1S/C14H14Cl2N2/c1-10(14-17-8-9-18-14)4-2-5-11-12(15)6-3-7-13(11)16/h3-4,6-9H,2,5H2,1H3,(H,17,18). The largest absolute Gasteiger partial charge is 0.345 e. The molecule has 0 aliphatic heterocycles. The molecule has 0 fully saturated rings. The minimum atomic E-state index is 0.728. The Balaban J connectivity index is 2.02. The molecule has 2 nitrogen and oxygen atoms in total. The van der Waals surface area contributed by atoms with Crippen molar-refractivity contribution < 1.29 is 0 Å². The lowest BCUT2D eigenvalue weighted by Crippen LogP contribution is -1.88. The van der Waals surface area contributed by atoms with Crippen LogP contribution in [0.15, 0.2) is 36.7 Å². The maximum atomic E-state index is 6.12. The molecule has 2 aromatic rings. The molecule has 0 bridgehead atoms. The van der Waals surface area contributed by atoms with Gasteiger partial charge in [-0.1, -0.05) is 35.3 Å². The van der Waals surface area contributed by atoms with Crippen LogP contribution in [0.3, 0.4) is 0 Å². The van der Waals surface area contributed by atoms with E-state index >= 15 is 0 Å². The van der Waals surface area contributed by atoms with Gasteiger partial charge in [0.2, 0.25) is 0 Å². The number of hydrogen-bond donors (Lipinski definition) is 1. The number of imidazole rings is 1. The van der Waals surface area contributed by atoms with Gasteiger partial charge in [-0.2, -0.15) is 0 Å². The van der Waals surface area contributed by atoms with Gasteiger partial charge in [0.05, 0.1) is 0 Å². The first-order valence-electron chi connectivity index (χ1n) is 5.78. The predicted molar refractivity (Wildman–Crippen MR) is 77.0 cm³/mol. The molecule has 0 radical (unpaired) electrons. The van der Waals surface area contributed by atoms with Gasteiger partial charge in [0.25, 0.3) is 0 Å². The quantitative estimate of drug-likeness (QED) is 0.860. The number of H-pyrrole nitrogens is 1. The van der Waals surface area contributed by atoms with Crippen LogP contribution < -0.4 is 0 Å². The molecule has 0 amide bonds. The highest BCUT2D eigenvalue weighted by molar-refractivity contribution is 6.35. The highest BCUT2D eigenvalue weighted by Crippen LogP contribution is 2.25. The van der Waals surface area contributed by atoms with Crippen LogP contribution in [0.4, 0.5) is 0 Å². The molecule has 1 N–H and O–H groups in total. The van der Waals surface area contributed by atoms with Crippen molar-refractivity contribution >= 4 is 28.8 Å². The first-order chi connectivity index (χ1) is 8.68. The Hall–Kier alpha value is -1.25. The Morgan fingerprint density at radius 1 is 1.33 bits per heavy atom. The molecule has 4 heteroatoms. The van der Waals surface area contributed by atoms with E-state index in [0.717, 1.165) is 39.8 Å². The first kappa shape index (κ1) is 13.2. The van der Waals surface area contributed by atoms with Gasteiger partial charge in [0.15, 0.2) is 0 Å². The zero-order valence-electron chi connectivity index (χ0n) is 10.1. The second-order valence-electron chi connectivity index (χ2n) is 4.06. The maximum Gasteiger partial charge on any atom is 0.132 e. The Bertz CT molecular complexity index is 525. The fourth-order valence-electron chi connectivity index (χ4n) is 1.78. The zero-order chi connectivity index (χ0) is 13.0. The Morgan fingerprint density at radius 3 is 2.67 bits per heavy atom. The fourth-order valence-corrected chi connectivity index (χ4v) is 2.37. The summed E-state index contributed by atoms with van der Waals surface area (Å²) in [5.41, 5.74) is 2.13. The molecule has 0 atom stereocenters. The van der Waals surface area contributed by atoms with Crippen molar-refractivity contribution in [2.75, 3.05) is 0 Å². The average molecular weight is 281 g/mol. The van der Waals surface area contributed by atoms with Crippen LogP contribution in [0.25, 0.3) is 5.57 Å². The van der Waals surface area contributed by atoms with E-state index in [1.165, 1.54) is 0 Å². The second-order valence-corrected chi connectivity index (χ2v) is 4.88. The van der Waals surface area contributed by atoms with E-state index in [1.54, 1.807) is 6.20 Å². The molecule has 94 valence electrons. The van der Waals surface area contributed by atoms with Crippen molar-refractivity contribution in [1.29, 1.82) is 0 Å². The number of aromatic nitrogens is 2. The number of nitrogens with one attached hydrogen (secondary N) is 1. The van der Waals surface area contributed by atoms with Gasteiger partial charge in [0, 0.05) is 22.4 Å². The summed E-state index contributed by atoms with van der Waals surface area (Å²) in [6.45, 7) is 2.03. The number of rotatable bonds is 4. The van der Waals surface area contributed by atoms with Crippen LogP contribution >= 0.6 is 23.2 Å². The lowest BCUT2D eigenvalue weighted by Gasteiger charge is -2.05. The van der Waals surface area contributed by atoms with Crippen molar-refractivity contribution in [3.05, 3.63) is 58.1 Å². The van der Waals surface area contributed by atoms with Gasteiger partial charge in [-0.3, -0.25) is 0 Å². The third-order valence-electron chi connectivity index (χ3n) is 2.78. The minimum absolute atomic E-state index is 0.728. The SMILES string of the molecule is CC(=CCCc1c(Cl)cccc1Cl)c1ncc[nH]1. The first-order valence-corrected chi connectivity index (χ1v) is 6.53. The van der Waals surface area contributed by atoms with Crippen LogP contribution in [-0.2, 0) is 6.42 Å². The third kappa shape index (κ3) is 3.15. The average Bonchev–Trinajstić information content (AvgIpc) is 2.86. The van der Waals surface area contributed by atoms with Crippen molar-refractivity contribution in [3.8, 4) is 0 Å². The minimum Gasteiger partial charge on any atom is -0.345 e. The summed E-state index contributed by atoms with van der Waals surface area (Å²) >= 11 is 12.2. The Kier molecular flexibility index (Phi) is 4.45. The Labute approximate surface area is 117 Å². The van der Waals surface area contributed by atoms with Crippen LogP contribution in [0, 0.1) is 0 Å². The van der Waals surface area contributed by atoms with Crippen molar-refractivity contribution in [3.63, 3.8) is 0 Å². The number of nitrogens with zero attached hydrogens (tertiary/aromatic N) is 1. The smallest absolute Gasteiger partial charge is 0.132 e. The number of halogens is 2. The molecular weight excluding hydrogens is 267 g/mol. The molecule has 1 heterocycles. The molecule has 0 saturated heterocycles. The summed E-state index contributed by atoms with van der Waals surface area (Å²) in [6, 6.07) is 5.59. The van der Waals surface area contributed by atoms with Gasteiger partial charge >= 0.3 is 0 Å². The van der Waals surface area contributed by atoms with Crippen LogP contribution in [0.1, 0.15) is 24.7 Å². The highest BCUT2D eigenvalue weighted by Gasteiger charge is 2.04. The van der Waals surface area contributed by atoms with Gasteiger partial charge in [-0.15, -0.1) is 0 Å². The summed E-state index contributed by atoms with van der Waals surface area (Å²) in [7, 11) is 0. The highest BCUT2D eigenvalue weighted by atomic mass is 35.5. The molecule has 1 aromatic carbocycles. The monoisotopic (exact) mass is 280 g/mol. The normalized spacial score (nSPS) is 11.8. The molecule has 18 heavy (non-hydrogen) atoms. The van der Waals surface area contributed by atoms with Crippen molar-refractivity contribution in [1.82, 2.24) is 9.97 Å². The molecular formula is C14H14Cl2N2. The summed E-state index contributed by atoms with van der Waals surface area (Å²) in [6.07, 6.45) is 7.42. The number of allylic oxidation sites excluding steroid dienone is 2. The molecule has 2 rings (SSSR count). The number of hydrogen-bond acceptors (Lipinski definition) is 1. The fraction of sp³-hybridized carbons (Fsp3) is 0.214. The van der Waals surface area contributed by atoms with E-state index in [9.17, 15) is 0 Å². The predicted octanol–water partition coefficient (Wildman–Crippen LogP) is 4.75. The van der Waals surface area contributed by atoms with E-state index in [0.29, 0.717) is 0 Å². The van der Waals surface area contributed by atoms with Crippen LogP contribution in [0.5, 0.6) is 0 Å². The molecule has 0 saturated carbocycles. The van der Waals surface area contributed by atoms with E-state index < -0.39 is 0 Å². The van der Waals surface area contributed by atoms with E-state index in [2.05, 4.69) is 16.0 Å². The summed E-state index contributed by atoms with van der Waals surface area (Å²) in [5, 5.41) is 1.46. The lowest BCUT2D eigenvalue weighted by atomic mass is 10.1. The summed E-state index contributed by atoms with van der Waals surface area (Å²) in [5.74, 6) is 0.903. The molecule has 0 spiro atoms. The summed E-state index contributed by atoms with van der Waals surface area (Å²) in [4.78, 5) is 7.28. The lowest BCUT2D eigenvalue weighted by molar-refractivity contribution is 0.999. The van der Waals surface area contributed by atoms with Crippen molar-refractivity contribution in [2.24, 2.45) is 0 Å². The number of aromatic amines is 1. The molecule has 1 aromatic heterocycles. The van der Waals surface area contributed by atoms with Gasteiger partial charge < -0.3 is 4.98 Å².